The summed E-state index contributed by atoms with van der Waals surface area (Å²) in [5.74, 6) is 1.01. The van der Waals surface area contributed by atoms with Crippen molar-refractivity contribution in [1.82, 2.24) is 0 Å². The predicted octanol–water partition coefficient (Wildman–Crippen LogP) is 5.35. The number of rotatable bonds is 3. The quantitative estimate of drug-likeness (QED) is 0.741. The van der Waals surface area contributed by atoms with Crippen LogP contribution in [0, 0.1) is 5.82 Å². The van der Waals surface area contributed by atoms with E-state index < -0.39 is 0 Å². The van der Waals surface area contributed by atoms with Crippen LogP contribution in [0.5, 0.6) is 5.75 Å². The zero-order chi connectivity index (χ0) is 15.5. The molecule has 0 aliphatic heterocycles. The summed E-state index contributed by atoms with van der Waals surface area (Å²) in [7, 11) is 1.68. The molecule has 0 spiro atoms. The normalized spacial score (nSPS) is 18.0. The minimum atomic E-state index is -0.193. The number of methoxy groups -OCH3 is 1. The Morgan fingerprint density at radius 3 is 2.59 bits per heavy atom. The lowest BCUT2D eigenvalue weighted by molar-refractivity contribution is 0.414. The molecule has 1 aliphatic rings. The highest BCUT2D eigenvalue weighted by atomic mass is 19.1. The number of benzene rings is 2. The summed E-state index contributed by atoms with van der Waals surface area (Å²) >= 11 is 0. The summed E-state index contributed by atoms with van der Waals surface area (Å²) in [6.45, 7) is 4.14. The lowest BCUT2D eigenvalue weighted by Gasteiger charge is -2.25. The molecular weight excluding hydrogens is 275 g/mol. The van der Waals surface area contributed by atoms with E-state index in [-0.39, 0.29) is 5.82 Å². The van der Waals surface area contributed by atoms with Crippen molar-refractivity contribution in [1.29, 1.82) is 0 Å². The molecule has 3 rings (SSSR count). The maximum atomic E-state index is 13.1. The van der Waals surface area contributed by atoms with Crippen molar-refractivity contribution in [2.24, 2.45) is 0 Å². The second-order valence-corrected chi connectivity index (χ2v) is 5.72. The highest BCUT2D eigenvalue weighted by molar-refractivity contribution is 5.71. The van der Waals surface area contributed by atoms with E-state index in [1.54, 1.807) is 7.11 Å². The minimum Gasteiger partial charge on any atom is -0.497 e. The molecule has 0 radical (unpaired) electrons. The molecule has 22 heavy (non-hydrogen) atoms. The zero-order valence-electron chi connectivity index (χ0n) is 12.7. The summed E-state index contributed by atoms with van der Waals surface area (Å²) in [5, 5.41) is 0. The molecule has 112 valence electrons. The Kier molecular flexibility index (Phi) is 4.10. The predicted molar refractivity (Wildman–Crippen MR) is 88.5 cm³/mol. The Morgan fingerprint density at radius 2 is 1.86 bits per heavy atom. The monoisotopic (exact) mass is 294 g/mol. The fraction of sp³-hybridized carbons (Fsp3) is 0.200. The maximum absolute atomic E-state index is 13.1. The van der Waals surface area contributed by atoms with E-state index >= 15 is 0 Å². The van der Waals surface area contributed by atoms with Gasteiger partial charge in [-0.25, -0.2) is 4.39 Å². The topological polar surface area (TPSA) is 9.23 Å². The van der Waals surface area contributed by atoms with Gasteiger partial charge in [-0.2, -0.15) is 0 Å². The molecule has 0 N–H and O–H groups in total. The van der Waals surface area contributed by atoms with Gasteiger partial charge < -0.3 is 4.74 Å². The summed E-state index contributed by atoms with van der Waals surface area (Å²) in [6, 6.07) is 14.9. The van der Waals surface area contributed by atoms with Crippen LogP contribution in [0.15, 0.2) is 66.8 Å². The summed E-state index contributed by atoms with van der Waals surface area (Å²) in [4.78, 5) is 0. The largest absolute Gasteiger partial charge is 0.497 e. The Balaban J connectivity index is 1.89. The Hall–Kier alpha value is -2.35. The average molecular weight is 294 g/mol. The van der Waals surface area contributed by atoms with Crippen LogP contribution < -0.4 is 4.74 Å². The van der Waals surface area contributed by atoms with Crippen molar-refractivity contribution >= 4 is 5.57 Å². The first-order valence-electron chi connectivity index (χ1n) is 7.44. The molecule has 0 heterocycles. The third-order valence-electron chi connectivity index (χ3n) is 4.14. The molecule has 1 nitrogen and oxygen atoms in total. The smallest absolute Gasteiger partial charge is 0.123 e. The highest BCUT2D eigenvalue weighted by Gasteiger charge is 2.20. The van der Waals surface area contributed by atoms with Gasteiger partial charge in [0.2, 0.25) is 0 Å². The first-order chi connectivity index (χ1) is 10.7. The van der Waals surface area contributed by atoms with Crippen LogP contribution in [0.3, 0.4) is 0 Å². The molecule has 0 amide bonds. The zero-order valence-corrected chi connectivity index (χ0v) is 12.7. The first kappa shape index (κ1) is 14.6. The number of hydrogen-bond acceptors (Lipinski definition) is 1. The van der Waals surface area contributed by atoms with E-state index in [1.807, 2.05) is 30.3 Å². The van der Waals surface area contributed by atoms with Gasteiger partial charge in [-0.15, -0.1) is 0 Å². The van der Waals surface area contributed by atoms with Gasteiger partial charge in [-0.1, -0.05) is 42.5 Å². The van der Waals surface area contributed by atoms with Crippen LogP contribution in [0.25, 0.3) is 5.57 Å². The Morgan fingerprint density at radius 1 is 1.09 bits per heavy atom. The standard InChI is InChI=1S/C20H19FO/c1-14-10-17(15-6-8-19(21)9-7-15)12-18(11-14)16-4-3-5-20(13-16)22-2/h3-9,11,13,17H,1,10,12H2,2H3. The van der Waals surface area contributed by atoms with Gasteiger partial charge in [0.25, 0.3) is 0 Å². The van der Waals surface area contributed by atoms with Crippen LogP contribution in [-0.4, -0.2) is 7.11 Å². The van der Waals surface area contributed by atoms with E-state index in [0.717, 1.165) is 35.3 Å². The van der Waals surface area contributed by atoms with Crippen LogP contribution in [0.4, 0.5) is 4.39 Å². The van der Waals surface area contributed by atoms with Gasteiger partial charge in [0.15, 0.2) is 0 Å². The van der Waals surface area contributed by atoms with Crippen molar-refractivity contribution in [2.75, 3.05) is 7.11 Å². The van der Waals surface area contributed by atoms with Gasteiger partial charge in [0.05, 0.1) is 7.11 Å². The van der Waals surface area contributed by atoms with Gasteiger partial charge in [-0.3, -0.25) is 0 Å². The summed E-state index contributed by atoms with van der Waals surface area (Å²) in [6.07, 6.45) is 4.01. The fourth-order valence-electron chi connectivity index (χ4n) is 3.01. The fourth-order valence-corrected chi connectivity index (χ4v) is 3.01. The van der Waals surface area contributed by atoms with Crippen molar-refractivity contribution in [2.45, 2.75) is 18.8 Å². The van der Waals surface area contributed by atoms with Crippen LogP contribution in [0.2, 0.25) is 0 Å². The maximum Gasteiger partial charge on any atom is 0.123 e. The van der Waals surface area contributed by atoms with Gasteiger partial charge in [0.1, 0.15) is 11.6 Å². The Labute approximate surface area is 130 Å². The molecule has 0 aromatic heterocycles. The van der Waals surface area contributed by atoms with E-state index in [1.165, 1.54) is 17.7 Å². The summed E-state index contributed by atoms with van der Waals surface area (Å²) < 4.78 is 18.4. The van der Waals surface area contributed by atoms with Crippen molar-refractivity contribution in [3.05, 3.63) is 83.7 Å². The molecule has 1 atom stereocenters. The van der Waals surface area contributed by atoms with Crippen molar-refractivity contribution < 1.29 is 9.13 Å². The van der Waals surface area contributed by atoms with Crippen LogP contribution in [0.1, 0.15) is 29.9 Å². The highest BCUT2D eigenvalue weighted by Crippen LogP contribution is 2.39. The van der Waals surface area contributed by atoms with Crippen molar-refractivity contribution in [3.63, 3.8) is 0 Å². The minimum absolute atomic E-state index is 0.193. The second kappa shape index (κ2) is 6.18. The SMILES string of the molecule is C=C1C=C(c2cccc(OC)c2)CC(c2ccc(F)cc2)C1. The molecule has 0 bridgehead atoms. The molecule has 0 saturated heterocycles. The molecule has 2 aromatic rings. The summed E-state index contributed by atoms with van der Waals surface area (Å²) in [5.41, 5.74) is 4.69. The third-order valence-corrected chi connectivity index (χ3v) is 4.14. The van der Waals surface area contributed by atoms with Gasteiger partial charge in [0, 0.05) is 0 Å². The molecule has 2 aromatic carbocycles. The third kappa shape index (κ3) is 3.11. The molecule has 0 saturated carbocycles. The number of ether oxygens (including phenoxy) is 1. The average Bonchev–Trinajstić information content (AvgIpc) is 2.55. The number of halogens is 1. The van der Waals surface area contributed by atoms with Crippen LogP contribution in [-0.2, 0) is 0 Å². The number of hydrogen-bond donors (Lipinski definition) is 0. The lowest BCUT2D eigenvalue weighted by Crippen LogP contribution is -2.06. The molecule has 0 fully saturated rings. The molecule has 2 heteroatoms. The Bertz CT molecular complexity index is 713. The van der Waals surface area contributed by atoms with E-state index in [4.69, 9.17) is 4.74 Å². The van der Waals surface area contributed by atoms with Gasteiger partial charge in [-0.05, 0) is 59.7 Å². The second-order valence-electron chi connectivity index (χ2n) is 5.72. The van der Waals surface area contributed by atoms with Gasteiger partial charge >= 0.3 is 0 Å². The van der Waals surface area contributed by atoms with Crippen molar-refractivity contribution in [3.8, 4) is 5.75 Å². The van der Waals surface area contributed by atoms with E-state index in [0.29, 0.717) is 5.92 Å². The lowest BCUT2D eigenvalue weighted by atomic mass is 9.80. The van der Waals surface area contributed by atoms with Crippen LogP contribution >= 0.6 is 0 Å². The van der Waals surface area contributed by atoms with E-state index in [2.05, 4.69) is 18.7 Å². The molecule has 1 aliphatic carbocycles. The van der Waals surface area contributed by atoms with E-state index in [9.17, 15) is 4.39 Å². The number of allylic oxidation sites excluding steroid dienone is 3. The first-order valence-corrected chi connectivity index (χ1v) is 7.44. The molecule has 1 unspecified atom stereocenters. The molecular formula is C20H19FO.